The van der Waals surface area contributed by atoms with Crippen molar-refractivity contribution in [2.24, 2.45) is 0 Å². The van der Waals surface area contributed by atoms with Crippen molar-refractivity contribution in [1.82, 2.24) is 14.9 Å². The van der Waals surface area contributed by atoms with Crippen LogP contribution in [0.1, 0.15) is 34.0 Å². The SMILES string of the molecule is CCc1ccc(CN(Cc2cccnc2)C(=O)c2cccnc2Cl)cc1. The van der Waals surface area contributed by atoms with Crippen LogP contribution in [0.25, 0.3) is 0 Å². The monoisotopic (exact) mass is 365 g/mol. The Bertz CT molecular complexity index is 866. The summed E-state index contributed by atoms with van der Waals surface area (Å²) in [7, 11) is 0. The number of amides is 1. The summed E-state index contributed by atoms with van der Waals surface area (Å²) in [6.45, 7) is 3.06. The summed E-state index contributed by atoms with van der Waals surface area (Å²) in [6.07, 6.45) is 6.06. The summed E-state index contributed by atoms with van der Waals surface area (Å²) in [5, 5.41) is 0.218. The largest absolute Gasteiger partial charge is 0.330 e. The molecule has 3 rings (SSSR count). The van der Waals surface area contributed by atoms with Crippen molar-refractivity contribution in [2.75, 3.05) is 0 Å². The number of hydrogen-bond acceptors (Lipinski definition) is 3. The van der Waals surface area contributed by atoms with Gasteiger partial charge in [0.2, 0.25) is 0 Å². The molecule has 4 nitrogen and oxygen atoms in total. The second-order valence-electron chi connectivity index (χ2n) is 6.03. The number of carbonyl (C=O) groups is 1. The van der Waals surface area contributed by atoms with Gasteiger partial charge in [0.05, 0.1) is 5.56 Å². The predicted molar refractivity (Wildman–Crippen MR) is 103 cm³/mol. The van der Waals surface area contributed by atoms with Crippen LogP contribution in [-0.2, 0) is 19.5 Å². The van der Waals surface area contributed by atoms with Crippen molar-refractivity contribution in [1.29, 1.82) is 0 Å². The van der Waals surface area contributed by atoms with E-state index in [1.165, 1.54) is 5.56 Å². The Hall–Kier alpha value is -2.72. The van der Waals surface area contributed by atoms with Crippen LogP contribution in [0.15, 0.2) is 67.1 Å². The van der Waals surface area contributed by atoms with Crippen LogP contribution in [0.5, 0.6) is 0 Å². The minimum atomic E-state index is -0.147. The maximum absolute atomic E-state index is 13.1. The second-order valence-corrected chi connectivity index (χ2v) is 6.39. The summed E-state index contributed by atoms with van der Waals surface area (Å²) in [4.78, 5) is 23.0. The van der Waals surface area contributed by atoms with Crippen molar-refractivity contribution >= 4 is 17.5 Å². The van der Waals surface area contributed by atoms with E-state index in [1.807, 2.05) is 12.1 Å². The lowest BCUT2D eigenvalue weighted by molar-refractivity contribution is 0.0729. The van der Waals surface area contributed by atoms with Gasteiger partial charge in [0.15, 0.2) is 0 Å². The average Bonchev–Trinajstić information content (AvgIpc) is 2.69. The number of nitrogens with zero attached hydrogens (tertiary/aromatic N) is 3. The van der Waals surface area contributed by atoms with Gasteiger partial charge in [-0.15, -0.1) is 0 Å². The van der Waals surface area contributed by atoms with E-state index in [2.05, 4.69) is 41.2 Å². The Morgan fingerprint density at radius 1 is 0.962 bits per heavy atom. The third-order valence-electron chi connectivity index (χ3n) is 4.18. The van der Waals surface area contributed by atoms with E-state index < -0.39 is 0 Å². The number of pyridine rings is 2. The van der Waals surface area contributed by atoms with Gasteiger partial charge in [-0.25, -0.2) is 4.98 Å². The van der Waals surface area contributed by atoms with E-state index in [1.54, 1.807) is 35.6 Å². The van der Waals surface area contributed by atoms with Gasteiger partial charge in [0.25, 0.3) is 5.91 Å². The molecule has 0 spiro atoms. The second kappa shape index (κ2) is 8.59. The third kappa shape index (κ3) is 4.46. The van der Waals surface area contributed by atoms with Gasteiger partial charge in [0, 0.05) is 31.7 Å². The topological polar surface area (TPSA) is 46.1 Å². The van der Waals surface area contributed by atoms with E-state index in [0.29, 0.717) is 18.7 Å². The van der Waals surface area contributed by atoms with E-state index in [4.69, 9.17) is 11.6 Å². The fourth-order valence-corrected chi connectivity index (χ4v) is 2.93. The van der Waals surface area contributed by atoms with E-state index in [-0.39, 0.29) is 11.1 Å². The van der Waals surface area contributed by atoms with Crippen molar-refractivity contribution in [2.45, 2.75) is 26.4 Å². The van der Waals surface area contributed by atoms with Gasteiger partial charge in [-0.05, 0) is 41.3 Å². The molecule has 5 heteroatoms. The molecule has 1 aromatic carbocycles. The lowest BCUT2D eigenvalue weighted by atomic mass is 10.1. The van der Waals surface area contributed by atoms with Gasteiger partial charge >= 0.3 is 0 Å². The quantitative estimate of drug-likeness (QED) is 0.603. The molecule has 2 heterocycles. The zero-order valence-electron chi connectivity index (χ0n) is 14.6. The number of benzene rings is 1. The van der Waals surface area contributed by atoms with Gasteiger partial charge in [0.1, 0.15) is 5.15 Å². The van der Waals surface area contributed by atoms with Crippen LogP contribution < -0.4 is 0 Å². The Morgan fingerprint density at radius 3 is 2.31 bits per heavy atom. The first-order chi connectivity index (χ1) is 12.7. The fourth-order valence-electron chi connectivity index (χ4n) is 2.73. The average molecular weight is 366 g/mol. The summed E-state index contributed by atoms with van der Waals surface area (Å²) in [5.41, 5.74) is 3.71. The van der Waals surface area contributed by atoms with Crippen molar-refractivity contribution in [3.05, 3.63) is 94.5 Å². The summed E-state index contributed by atoms with van der Waals surface area (Å²) in [5.74, 6) is -0.147. The molecule has 0 unspecified atom stereocenters. The molecule has 0 radical (unpaired) electrons. The normalized spacial score (nSPS) is 10.5. The zero-order chi connectivity index (χ0) is 18.4. The molecule has 26 heavy (non-hydrogen) atoms. The summed E-state index contributed by atoms with van der Waals surface area (Å²) >= 11 is 6.14. The maximum atomic E-state index is 13.1. The van der Waals surface area contributed by atoms with E-state index >= 15 is 0 Å². The summed E-state index contributed by atoms with van der Waals surface area (Å²) < 4.78 is 0. The van der Waals surface area contributed by atoms with Gasteiger partial charge in [-0.3, -0.25) is 9.78 Å². The van der Waals surface area contributed by atoms with Crippen molar-refractivity contribution in [3.8, 4) is 0 Å². The molecule has 0 fully saturated rings. The Morgan fingerprint density at radius 2 is 1.65 bits per heavy atom. The molecule has 0 bridgehead atoms. The minimum absolute atomic E-state index is 0.147. The van der Waals surface area contributed by atoms with Crippen molar-refractivity contribution < 1.29 is 4.79 Å². The van der Waals surface area contributed by atoms with Gasteiger partial charge in [-0.2, -0.15) is 0 Å². The Kier molecular flexibility index (Phi) is 5.97. The number of hydrogen-bond donors (Lipinski definition) is 0. The molecule has 0 saturated carbocycles. The van der Waals surface area contributed by atoms with Crippen LogP contribution in [0, 0.1) is 0 Å². The first-order valence-electron chi connectivity index (χ1n) is 8.54. The molecule has 2 aromatic heterocycles. The first kappa shape index (κ1) is 18.1. The van der Waals surface area contributed by atoms with Crippen LogP contribution in [-0.4, -0.2) is 20.8 Å². The van der Waals surface area contributed by atoms with Crippen LogP contribution >= 0.6 is 11.6 Å². The van der Waals surface area contributed by atoms with Crippen molar-refractivity contribution in [3.63, 3.8) is 0 Å². The Labute approximate surface area is 158 Å². The molecule has 0 saturated heterocycles. The Balaban J connectivity index is 1.87. The smallest absolute Gasteiger partial charge is 0.257 e. The molecule has 0 N–H and O–H groups in total. The molecular weight excluding hydrogens is 346 g/mol. The number of aryl methyl sites for hydroxylation is 1. The van der Waals surface area contributed by atoms with Gasteiger partial charge in [-0.1, -0.05) is 48.9 Å². The lowest BCUT2D eigenvalue weighted by Crippen LogP contribution is -2.30. The highest BCUT2D eigenvalue weighted by Gasteiger charge is 2.19. The third-order valence-corrected chi connectivity index (χ3v) is 4.48. The number of rotatable bonds is 6. The molecule has 0 aliphatic heterocycles. The molecule has 3 aromatic rings. The van der Waals surface area contributed by atoms with E-state index in [0.717, 1.165) is 17.5 Å². The zero-order valence-corrected chi connectivity index (χ0v) is 15.4. The van der Waals surface area contributed by atoms with Crippen LogP contribution in [0.4, 0.5) is 0 Å². The molecule has 132 valence electrons. The van der Waals surface area contributed by atoms with Crippen LogP contribution in [0.3, 0.4) is 0 Å². The molecular formula is C21H20ClN3O. The highest BCUT2D eigenvalue weighted by Crippen LogP contribution is 2.18. The minimum Gasteiger partial charge on any atom is -0.330 e. The predicted octanol–water partition coefficient (Wildman–Crippen LogP) is 4.54. The molecule has 1 amide bonds. The molecule has 0 aliphatic carbocycles. The molecule has 0 atom stereocenters. The number of carbonyl (C=O) groups excluding carboxylic acids is 1. The number of halogens is 1. The standard InChI is InChI=1S/C21H20ClN3O/c1-2-16-7-9-17(10-8-16)14-25(15-18-5-3-11-23-13-18)21(26)19-6-4-12-24-20(19)22/h3-13H,2,14-15H2,1H3. The van der Waals surface area contributed by atoms with Crippen LogP contribution in [0.2, 0.25) is 5.15 Å². The maximum Gasteiger partial charge on any atom is 0.257 e. The highest BCUT2D eigenvalue weighted by atomic mass is 35.5. The summed E-state index contributed by atoms with van der Waals surface area (Å²) in [6, 6.07) is 15.6. The first-order valence-corrected chi connectivity index (χ1v) is 8.91. The molecule has 0 aliphatic rings. The highest BCUT2D eigenvalue weighted by molar-refractivity contribution is 6.32. The lowest BCUT2D eigenvalue weighted by Gasteiger charge is -2.23. The van der Waals surface area contributed by atoms with E-state index in [9.17, 15) is 4.79 Å². The number of aromatic nitrogens is 2. The fraction of sp³-hybridized carbons (Fsp3) is 0.190. The van der Waals surface area contributed by atoms with Gasteiger partial charge < -0.3 is 4.90 Å².